The molecule has 6 nitrogen and oxygen atoms in total. The summed E-state index contributed by atoms with van der Waals surface area (Å²) in [6.07, 6.45) is 1.94. The molecule has 2 aromatic rings. The van der Waals surface area contributed by atoms with Crippen LogP contribution in [-0.2, 0) is 27.8 Å². The van der Waals surface area contributed by atoms with Crippen LogP contribution in [0, 0.1) is 0 Å². The molecule has 0 radical (unpaired) electrons. The van der Waals surface area contributed by atoms with Gasteiger partial charge in [0, 0.05) is 44.4 Å². The number of rotatable bonds is 5. The Morgan fingerprint density at radius 2 is 2.04 bits per heavy atom. The number of fused-ring (bicyclic) bond motifs is 1. The fourth-order valence-corrected chi connectivity index (χ4v) is 4.43. The summed E-state index contributed by atoms with van der Waals surface area (Å²) >= 11 is 0. The number of sulfonamides is 1. The molecule has 0 spiro atoms. The highest BCUT2D eigenvalue weighted by Crippen LogP contribution is 2.31. The molecule has 23 heavy (non-hydrogen) atoms. The summed E-state index contributed by atoms with van der Waals surface area (Å²) in [5.41, 5.74) is 1.91. The lowest BCUT2D eigenvalue weighted by molar-refractivity contribution is 0.161. The van der Waals surface area contributed by atoms with Gasteiger partial charge in [-0.2, -0.15) is 9.40 Å². The van der Waals surface area contributed by atoms with Crippen molar-refractivity contribution in [3.63, 3.8) is 0 Å². The monoisotopic (exact) mass is 335 g/mol. The van der Waals surface area contributed by atoms with E-state index in [0.717, 1.165) is 17.8 Å². The van der Waals surface area contributed by atoms with E-state index in [-0.39, 0.29) is 5.92 Å². The van der Waals surface area contributed by atoms with Gasteiger partial charge in [0.25, 0.3) is 0 Å². The molecule has 0 amide bonds. The zero-order chi connectivity index (χ0) is 16.4. The maximum Gasteiger partial charge on any atom is 0.243 e. The lowest BCUT2D eigenvalue weighted by atomic mass is 9.99. The molecule has 0 unspecified atom stereocenters. The second-order valence-electron chi connectivity index (χ2n) is 5.66. The lowest BCUT2D eigenvalue weighted by Gasteiger charge is -2.30. The number of nitrogens with zero attached hydrogens (tertiary/aromatic N) is 3. The fraction of sp³-hybridized carbons (Fsp3) is 0.438. The van der Waals surface area contributed by atoms with Crippen LogP contribution < -0.4 is 0 Å². The van der Waals surface area contributed by atoms with Gasteiger partial charge in [-0.15, -0.1) is 0 Å². The van der Waals surface area contributed by atoms with Crippen molar-refractivity contribution >= 4 is 10.0 Å². The van der Waals surface area contributed by atoms with E-state index in [1.54, 1.807) is 31.4 Å². The molecule has 124 valence electrons. The first kappa shape index (κ1) is 16.2. The van der Waals surface area contributed by atoms with Crippen LogP contribution in [0.2, 0.25) is 0 Å². The molecule has 0 fully saturated rings. The van der Waals surface area contributed by atoms with E-state index in [1.165, 1.54) is 4.31 Å². The Morgan fingerprint density at radius 3 is 2.70 bits per heavy atom. The van der Waals surface area contributed by atoms with Crippen molar-refractivity contribution in [1.82, 2.24) is 14.1 Å². The zero-order valence-electron chi connectivity index (χ0n) is 13.3. The molecule has 0 aliphatic carbocycles. The van der Waals surface area contributed by atoms with Gasteiger partial charge in [-0.1, -0.05) is 18.2 Å². The van der Waals surface area contributed by atoms with Gasteiger partial charge in [-0.05, 0) is 19.1 Å². The van der Waals surface area contributed by atoms with E-state index in [2.05, 4.69) is 5.10 Å². The van der Waals surface area contributed by atoms with E-state index in [4.69, 9.17) is 4.74 Å². The third-order valence-corrected chi connectivity index (χ3v) is 5.93. The minimum atomic E-state index is -3.51. The SMILES string of the molecule is CCn1cc2c(n1)[C@@H](COC)CN(S(=O)(=O)c1ccccc1)C2. The molecule has 0 saturated heterocycles. The van der Waals surface area contributed by atoms with Crippen LogP contribution in [0.1, 0.15) is 24.1 Å². The third kappa shape index (κ3) is 3.04. The number of hydrogen-bond donors (Lipinski definition) is 0. The van der Waals surface area contributed by atoms with E-state index >= 15 is 0 Å². The van der Waals surface area contributed by atoms with Crippen LogP contribution in [0.25, 0.3) is 0 Å². The standard InChI is InChI=1S/C16H21N3O3S/c1-3-18-9-13-10-19(11-14(12-22-2)16(13)17-18)23(20,21)15-7-5-4-6-8-15/h4-9,14H,3,10-12H2,1-2H3/t14-/m1/s1. The van der Waals surface area contributed by atoms with Crippen LogP contribution in [0.5, 0.6) is 0 Å². The van der Waals surface area contributed by atoms with Crippen molar-refractivity contribution in [2.24, 2.45) is 0 Å². The Hall–Kier alpha value is -1.70. The average Bonchev–Trinajstić information content (AvgIpc) is 2.99. The first-order valence-corrected chi connectivity index (χ1v) is 9.10. The van der Waals surface area contributed by atoms with Crippen molar-refractivity contribution in [3.05, 3.63) is 47.8 Å². The summed E-state index contributed by atoms with van der Waals surface area (Å²) in [5.74, 6) is -0.0463. The summed E-state index contributed by atoms with van der Waals surface area (Å²) in [6, 6.07) is 8.55. The smallest absolute Gasteiger partial charge is 0.243 e. The second-order valence-corrected chi connectivity index (χ2v) is 7.60. The number of aromatic nitrogens is 2. The van der Waals surface area contributed by atoms with Crippen LogP contribution in [0.4, 0.5) is 0 Å². The van der Waals surface area contributed by atoms with Crippen molar-refractivity contribution in [2.45, 2.75) is 30.8 Å². The quantitative estimate of drug-likeness (QED) is 0.836. The number of methoxy groups -OCH3 is 1. The van der Waals surface area contributed by atoms with Crippen LogP contribution in [-0.4, -0.2) is 42.8 Å². The van der Waals surface area contributed by atoms with E-state index < -0.39 is 10.0 Å². The Bertz CT molecular complexity index is 771. The van der Waals surface area contributed by atoms with E-state index in [9.17, 15) is 8.42 Å². The zero-order valence-corrected chi connectivity index (χ0v) is 14.2. The lowest BCUT2D eigenvalue weighted by Crippen LogP contribution is -2.39. The molecule has 7 heteroatoms. The summed E-state index contributed by atoms with van der Waals surface area (Å²) in [7, 11) is -1.89. The van der Waals surface area contributed by atoms with Crippen LogP contribution >= 0.6 is 0 Å². The average molecular weight is 335 g/mol. The number of hydrogen-bond acceptors (Lipinski definition) is 4. The molecule has 1 atom stereocenters. The molecule has 1 aliphatic rings. The van der Waals surface area contributed by atoms with Gasteiger partial charge >= 0.3 is 0 Å². The van der Waals surface area contributed by atoms with Crippen molar-refractivity contribution in [3.8, 4) is 0 Å². The molecule has 1 aliphatic heterocycles. The Kier molecular flexibility index (Phi) is 4.52. The van der Waals surface area contributed by atoms with Gasteiger partial charge in [0.2, 0.25) is 10.0 Å². The Morgan fingerprint density at radius 1 is 1.30 bits per heavy atom. The van der Waals surface area contributed by atoms with E-state index in [1.807, 2.05) is 23.9 Å². The topological polar surface area (TPSA) is 64.4 Å². The van der Waals surface area contributed by atoms with E-state index in [0.29, 0.717) is 24.6 Å². The summed E-state index contributed by atoms with van der Waals surface area (Å²) in [4.78, 5) is 0.322. The molecular weight excluding hydrogens is 314 g/mol. The molecular formula is C16H21N3O3S. The first-order valence-electron chi connectivity index (χ1n) is 7.66. The highest BCUT2D eigenvalue weighted by molar-refractivity contribution is 7.89. The molecule has 1 aromatic heterocycles. The first-order chi connectivity index (χ1) is 11.1. The fourth-order valence-electron chi connectivity index (χ4n) is 2.95. The highest BCUT2D eigenvalue weighted by Gasteiger charge is 2.35. The van der Waals surface area contributed by atoms with Gasteiger partial charge in [0.05, 0.1) is 17.2 Å². The second kappa shape index (κ2) is 6.43. The molecule has 1 aromatic carbocycles. The minimum Gasteiger partial charge on any atom is -0.384 e. The largest absolute Gasteiger partial charge is 0.384 e. The Labute approximate surface area is 136 Å². The van der Waals surface area contributed by atoms with Crippen molar-refractivity contribution < 1.29 is 13.2 Å². The number of aryl methyl sites for hydroxylation is 1. The van der Waals surface area contributed by atoms with Crippen molar-refractivity contribution in [1.29, 1.82) is 0 Å². The molecule has 0 saturated carbocycles. The van der Waals surface area contributed by atoms with Gasteiger partial charge < -0.3 is 4.74 Å². The molecule has 0 N–H and O–H groups in total. The maximum absolute atomic E-state index is 12.9. The minimum absolute atomic E-state index is 0.0463. The third-order valence-electron chi connectivity index (χ3n) is 4.10. The number of benzene rings is 1. The molecule has 2 heterocycles. The molecule has 0 bridgehead atoms. The normalized spacial score (nSPS) is 18.8. The van der Waals surface area contributed by atoms with Crippen LogP contribution in [0.15, 0.2) is 41.4 Å². The summed E-state index contributed by atoms with van der Waals surface area (Å²) in [5, 5.41) is 4.57. The van der Waals surface area contributed by atoms with Gasteiger partial charge in [0.1, 0.15) is 0 Å². The van der Waals surface area contributed by atoms with Crippen molar-refractivity contribution in [2.75, 3.05) is 20.3 Å². The number of ether oxygens (including phenoxy) is 1. The van der Waals surface area contributed by atoms with Crippen LogP contribution in [0.3, 0.4) is 0 Å². The highest BCUT2D eigenvalue weighted by atomic mass is 32.2. The summed E-state index contributed by atoms with van der Waals surface area (Å²) < 4.78 is 34.4. The predicted molar refractivity (Wildman–Crippen MR) is 86.6 cm³/mol. The van der Waals surface area contributed by atoms with Gasteiger partial charge in [0.15, 0.2) is 0 Å². The molecule has 3 rings (SSSR count). The predicted octanol–water partition coefficient (Wildman–Crippen LogP) is 1.84. The maximum atomic E-state index is 12.9. The summed E-state index contributed by atoms with van der Waals surface area (Å²) in [6.45, 7) is 3.97. The van der Waals surface area contributed by atoms with Gasteiger partial charge in [-0.3, -0.25) is 4.68 Å². The van der Waals surface area contributed by atoms with Gasteiger partial charge in [-0.25, -0.2) is 8.42 Å². The Balaban J connectivity index is 1.96.